The SMILES string of the molecule is O=C(COC(=O)c1c2c(nc3ccccc13)/C(=C/c1ccc(O)cc1)CC2)Nc1cc(Cl)ccc1Cl. The van der Waals surface area contributed by atoms with Crippen LogP contribution in [0.5, 0.6) is 5.75 Å². The number of nitrogens with zero attached hydrogens (tertiary/aromatic N) is 1. The minimum absolute atomic E-state index is 0.194. The van der Waals surface area contributed by atoms with Crippen molar-refractivity contribution in [2.75, 3.05) is 11.9 Å². The van der Waals surface area contributed by atoms with Gasteiger partial charge in [-0.15, -0.1) is 0 Å². The molecule has 0 bridgehead atoms. The lowest BCUT2D eigenvalue weighted by Crippen LogP contribution is -2.22. The van der Waals surface area contributed by atoms with E-state index in [1.807, 2.05) is 42.5 Å². The third kappa shape index (κ3) is 4.91. The molecule has 0 spiro atoms. The second-order valence-corrected chi connectivity index (χ2v) is 9.18. The highest BCUT2D eigenvalue weighted by Crippen LogP contribution is 2.38. The molecular formula is C28H20Cl2N2O4. The smallest absolute Gasteiger partial charge is 0.339 e. The van der Waals surface area contributed by atoms with Gasteiger partial charge < -0.3 is 15.2 Å². The van der Waals surface area contributed by atoms with Gasteiger partial charge in [-0.1, -0.05) is 53.5 Å². The second-order valence-electron chi connectivity index (χ2n) is 8.34. The number of fused-ring (bicyclic) bond motifs is 2. The number of phenolic OH excluding ortho intramolecular Hbond substituents is 1. The summed E-state index contributed by atoms with van der Waals surface area (Å²) in [5, 5.41) is 13.6. The minimum atomic E-state index is -0.594. The summed E-state index contributed by atoms with van der Waals surface area (Å²) in [6.45, 7) is -0.483. The Hall–Kier alpha value is -3.87. The van der Waals surface area contributed by atoms with Crippen LogP contribution in [0.4, 0.5) is 5.69 Å². The first-order valence-electron chi connectivity index (χ1n) is 11.2. The minimum Gasteiger partial charge on any atom is -0.508 e. The van der Waals surface area contributed by atoms with Gasteiger partial charge in [-0.2, -0.15) is 0 Å². The molecule has 180 valence electrons. The summed E-state index contributed by atoms with van der Waals surface area (Å²) in [5.41, 5.74) is 4.86. The van der Waals surface area contributed by atoms with Gasteiger partial charge in [0.2, 0.25) is 0 Å². The molecule has 1 aliphatic rings. The van der Waals surface area contributed by atoms with E-state index < -0.39 is 18.5 Å². The molecule has 6 nitrogen and oxygen atoms in total. The maximum atomic E-state index is 13.3. The van der Waals surface area contributed by atoms with Crippen molar-refractivity contribution in [3.8, 4) is 5.75 Å². The van der Waals surface area contributed by atoms with Gasteiger partial charge in [-0.05, 0) is 72.0 Å². The molecule has 1 heterocycles. The number of aromatic nitrogens is 1. The Morgan fingerprint density at radius 3 is 2.61 bits per heavy atom. The number of rotatable bonds is 5. The van der Waals surface area contributed by atoms with E-state index in [4.69, 9.17) is 32.9 Å². The number of benzene rings is 3. The van der Waals surface area contributed by atoms with Crippen LogP contribution in [-0.4, -0.2) is 28.6 Å². The topological polar surface area (TPSA) is 88.5 Å². The number of carbonyl (C=O) groups excluding carboxylic acids is 2. The average Bonchev–Trinajstić information content (AvgIpc) is 3.26. The Balaban J connectivity index is 1.43. The fourth-order valence-electron chi connectivity index (χ4n) is 4.27. The van der Waals surface area contributed by atoms with Gasteiger partial charge in [0.1, 0.15) is 5.75 Å². The molecule has 0 fully saturated rings. The van der Waals surface area contributed by atoms with Gasteiger partial charge in [0.05, 0.1) is 27.5 Å². The summed E-state index contributed by atoms with van der Waals surface area (Å²) in [7, 11) is 0. The van der Waals surface area contributed by atoms with Crippen LogP contribution in [0.25, 0.3) is 22.6 Å². The lowest BCUT2D eigenvalue weighted by atomic mass is 10.0. The summed E-state index contributed by atoms with van der Waals surface area (Å²) in [5.74, 6) is -0.932. The van der Waals surface area contributed by atoms with E-state index in [0.717, 1.165) is 22.4 Å². The summed E-state index contributed by atoms with van der Waals surface area (Å²) < 4.78 is 5.43. The number of hydrogen-bond donors (Lipinski definition) is 2. The third-order valence-corrected chi connectivity index (χ3v) is 6.48. The quantitative estimate of drug-likeness (QED) is 0.293. The lowest BCUT2D eigenvalue weighted by molar-refractivity contribution is -0.119. The molecule has 1 aliphatic carbocycles. The molecule has 0 atom stereocenters. The van der Waals surface area contributed by atoms with Crippen LogP contribution in [0.15, 0.2) is 66.7 Å². The molecule has 0 radical (unpaired) electrons. The fourth-order valence-corrected chi connectivity index (χ4v) is 4.60. The maximum absolute atomic E-state index is 13.3. The number of halogens is 2. The molecule has 3 aromatic carbocycles. The van der Waals surface area contributed by atoms with Gasteiger partial charge >= 0.3 is 5.97 Å². The van der Waals surface area contributed by atoms with Crippen LogP contribution in [0, 0.1) is 0 Å². The number of pyridine rings is 1. The van der Waals surface area contributed by atoms with E-state index in [9.17, 15) is 14.7 Å². The number of aromatic hydroxyl groups is 1. The molecule has 0 aliphatic heterocycles. The zero-order valence-electron chi connectivity index (χ0n) is 18.9. The van der Waals surface area contributed by atoms with Crippen molar-refractivity contribution in [2.24, 2.45) is 0 Å². The zero-order valence-corrected chi connectivity index (χ0v) is 20.4. The van der Waals surface area contributed by atoms with Crippen molar-refractivity contribution in [1.29, 1.82) is 0 Å². The summed E-state index contributed by atoms with van der Waals surface area (Å²) >= 11 is 12.1. The Labute approximate surface area is 217 Å². The van der Waals surface area contributed by atoms with E-state index in [1.54, 1.807) is 24.3 Å². The Kier molecular flexibility index (Phi) is 6.63. The van der Waals surface area contributed by atoms with Gasteiger partial charge in [0, 0.05) is 10.4 Å². The molecule has 0 saturated carbocycles. The van der Waals surface area contributed by atoms with Gasteiger partial charge in [-0.3, -0.25) is 4.79 Å². The average molecular weight is 519 g/mol. The first kappa shape index (κ1) is 23.9. The number of carbonyl (C=O) groups is 2. The number of para-hydroxylation sites is 1. The fraction of sp³-hybridized carbons (Fsp3) is 0.107. The van der Waals surface area contributed by atoms with Crippen LogP contribution in [-0.2, 0) is 16.0 Å². The standard InChI is InChI=1S/C28H20Cl2N2O4/c29-18-8-12-22(30)24(14-18)31-25(34)15-36-28(35)26-20-3-1-2-4-23(20)32-27-17(7-11-21(26)27)13-16-5-9-19(33)10-6-16/h1-6,8-10,12-14,33H,7,11,15H2,(H,31,34)/b17-13+. The highest BCUT2D eigenvalue weighted by molar-refractivity contribution is 6.35. The van der Waals surface area contributed by atoms with Gasteiger partial charge in [0.15, 0.2) is 6.61 Å². The molecular weight excluding hydrogens is 499 g/mol. The third-order valence-electron chi connectivity index (χ3n) is 5.92. The normalized spacial score (nSPS) is 13.6. The Morgan fingerprint density at radius 1 is 1.03 bits per heavy atom. The Morgan fingerprint density at radius 2 is 1.81 bits per heavy atom. The number of anilines is 1. The summed E-state index contributed by atoms with van der Waals surface area (Å²) in [6, 6.07) is 19.0. The van der Waals surface area contributed by atoms with Crippen molar-refractivity contribution in [3.05, 3.63) is 99.2 Å². The molecule has 1 amide bonds. The van der Waals surface area contributed by atoms with Crippen molar-refractivity contribution in [1.82, 2.24) is 4.98 Å². The van der Waals surface area contributed by atoms with Crippen LogP contribution in [0.1, 0.15) is 33.6 Å². The Bertz CT molecular complexity index is 1530. The van der Waals surface area contributed by atoms with E-state index >= 15 is 0 Å². The van der Waals surface area contributed by atoms with Gasteiger partial charge in [0.25, 0.3) is 5.91 Å². The molecule has 36 heavy (non-hydrogen) atoms. The first-order valence-corrected chi connectivity index (χ1v) is 12.0. The van der Waals surface area contributed by atoms with E-state index in [2.05, 4.69) is 5.32 Å². The molecule has 0 saturated heterocycles. The molecule has 8 heteroatoms. The zero-order chi connectivity index (χ0) is 25.2. The number of nitrogens with one attached hydrogen (secondary N) is 1. The highest BCUT2D eigenvalue weighted by atomic mass is 35.5. The maximum Gasteiger partial charge on any atom is 0.339 e. The monoisotopic (exact) mass is 518 g/mol. The summed E-state index contributed by atoms with van der Waals surface area (Å²) in [4.78, 5) is 30.6. The molecule has 5 rings (SSSR count). The summed E-state index contributed by atoms with van der Waals surface area (Å²) in [6.07, 6.45) is 3.32. The number of allylic oxidation sites excluding steroid dienone is 1. The number of esters is 1. The van der Waals surface area contributed by atoms with Gasteiger partial charge in [-0.25, -0.2) is 9.78 Å². The van der Waals surface area contributed by atoms with E-state index in [1.165, 1.54) is 6.07 Å². The van der Waals surface area contributed by atoms with Crippen molar-refractivity contribution >= 4 is 63.3 Å². The van der Waals surface area contributed by atoms with Crippen LogP contribution in [0.3, 0.4) is 0 Å². The lowest BCUT2D eigenvalue weighted by Gasteiger charge is -2.13. The second kappa shape index (κ2) is 10.0. The number of hydrogen-bond acceptors (Lipinski definition) is 5. The largest absolute Gasteiger partial charge is 0.508 e. The number of ether oxygens (including phenoxy) is 1. The van der Waals surface area contributed by atoms with E-state index in [0.29, 0.717) is 45.0 Å². The van der Waals surface area contributed by atoms with E-state index in [-0.39, 0.29) is 5.75 Å². The molecule has 4 aromatic rings. The predicted octanol–water partition coefficient (Wildman–Crippen LogP) is 6.53. The van der Waals surface area contributed by atoms with Crippen molar-refractivity contribution in [3.63, 3.8) is 0 Å². The predicted molar refractivity (Wildman–Crippen MR) is 141 cm³/mol. The number of amides is 1. The van der Waals surface area contributed by atoms with Crippen LogP contribution < -0.4 is 5.32 Å². The van der Waals surface area contributed by atoms with Crippen molar-refractivity contribution in [2.45, 2.75) is 12.8 Å². The first-order chi connectivity index (χ1) is 17.4. The molecule has 1 aromatic heterocycles. The van der Waals surface area contributed by atoms with Crippen LogP contribution in [0.2, 0.25) is 10.0 Å². The molecule has 0 unspecified atom stereocenters. The van der Waals surface area contributed by atoms with Crippen LogP contribution >= 0.6 is 23.2 Å². The molecule has 2 N–H and O–H groups in total. The highest BCUT2D eigenvalue weighted by Gasteiger charge is 2.28. The number of phenols is 1. The van der Waals surface area contributed by atoms with Crippen molar-refractivity contribution < 1.29 is 19.4 Å².